The Labute approximate surface area is 116 Å². The molecule has 1 aromatic carbocycles. The van der Waals surface area contributed by atoms with Crippen molar-refractivity contribution in [1.82, 2.24) is 20.2 Å². The highest BCUT2D eigenvalue weighted by molar-refractivity contribution is 5.98. The number of hydrogen-bond donors (Lipinski definition) is 2. The minimum atomic E-state index is -0.0550. The zero-order valence-corrected chi connectivity index (χ0v) is 11.4. The molecule has 7 nitrogen and oxygen atoms in total. The minimum Gasteiger partial charge on any atom is -0.488 e. The molecule has 0 radical (unpaired) electrons. The van der Waals surface area contributed by atoms with E-state index >= 15 is 0 Å². The van der Waals surface area contributed by atoms with Crippen LogP contribution in [0.4, 0.5) is 0 Å². The van der Waals surface area contributed by atoms with Gasteiger partial charge in [0.1, 0.15) is 17.9 Å². The summed E-state index contributed by atoms with van der Waals surface area (Å²) in [6.07, 6.45) is 1.42. The summed E-state index contributed by atoms with van der Waals surface area (Å²) in [5.74, 6) is 0.452. The number of para-hydroxylation sites is 1. The fourth-order valence-corrected chi connectivity index (χ4v) is 1.55. The maximum atomic E-state index is 7.58. The third-order valence-corrected chi connectivity index (χ3v) is 2.23. The molecule has 0 unspecified atom stereocenters. The summed E-state index contributed by atoms with van der Waals surface area (Å²) in [5, 5.41) is 18.6. The van der Waals surface area contributed by atoms with Crippen molar-refractivity contribution in [3.05, 3.63) is 30.1 Å². The van der Waals surface area contributed by atoms with E-state index in [1.165, 1.54) is 11.0 Å². The van der Waals surface area contributed by atoms with E-state index in [0.29, 0.717) is 17.0 Å². The van der Waals surface area contributed by atoms with Crippen molar-refractivity contribution in [3.63, 3.8) is 0 Å². The van der Waals surface area contributed by atoms with Gasteiger partial charge in [0.25, 0.3) is 0 Å². The van der Waals surface area contributed by atoms with E-state index in [4.69, 9.17) is 15.9 Å². The van der Waals surface area contributed by atoms with Gasteiger partial charge in [-0.25, -0.2) is 0 Å². The average molecular weight is 283 g/mol. The van der Waals surface area contributed by atoms with Gasteiger partial charge in [0.15, 0.2) is 5.75 Å². The highest BCUT2D eigenvalue weighted by Gasteiger charge is 2.15. The number of halogens is 1. The first-order valence-electron chi connectivity index (χ1n) is 5.47. The number of nitrogens with zero attached hydrogens (tertiary/aromatic N) is 4. The van der Waals surface area contributed by atoms with Gasteiger partial charge in [-0.15, -0.1) is 17.5 Å². The third kappa shape index (κ3) is 3.19. The molecular formula is C11H15ClN6O. The highest BCUT2D eigenvalue weighted by atomic mass is 35.5. The molecule has 0 fully saturated rings. The van der Waals surface area contributed by atoms with Gasteiger partial charge in [0.05, 0.1) is 11.7 Å². The van der Waals surface area contributed by atoms with Crippen LogP contribution in [0.5, 0.6) is 5.75 Å². The van der Waals surface area contributed by atoms with E-state index in [-0.39, 0.29) is 24.3 Å². The predicted octanol–water partition coefficient (Wildman–Crippen LogP) is 1.16. The van der Waals surface area contributed by atoms with E-state index in [9.17, 15) is 0 Å². The Hall–Kier alpha value is -2.15. The van der Waals surface area contributed by atoms with Crippen LogP contribution in [0.1, 0.15) is 19.4 Å². The standard InChI is InChI=1S/C11H14N6O.ClH/c1-7(2)18-10-8(11(12)13)4-3-5-9(10)17-6-14-15-16-17;/h3-7H,1-2H3,(H3,12,13);1H. The number of nitrogen functional groups attached to an aromatic ring is 1. The molecule has 0 saturated carbocycles. The Kier molecular flexibility index (Phi) is 4.82. The smallest absolute Gasteiger partial charge is 0.156 e. The van der Waals surface area contributed by atoms with Crippen LogP contribution in [0.15, 0.2) is 24.5 Å². The van der Waals surface area contributed by atoms with E-state index < -0.39 is 0 Å². The number of hydrogen-bond acceptors (Lipinski definition) is 5. The van der Waals surface area contributed by atoms with Gasteiger partial charge in [0.2, 0.25) is 0 Å². The molecule has 1 aromatic heterocycles. The predicted molar refractivity (Wildman–Crippen MR) is 73.2 cm³/mol. The Morgan fingerprint density at radius 3 is 2.68 bits per heavy atom. The molecule has 3 N–H and O–H groups in total. The van der Waals surface area contributed by atoms with Gasteiger partial charge < -0.3 is 10.5 Å². The number of nitrogens with two attached hydrogens (primary N) is 1. The topological polar surface area (TPSA) is 103 Å². The van der Waals surface area contributed by atoms with Crippen molar-refractivity contribution in [3.8, 4) is 11.4 Å². The molecule has 2 aromatic rings. The Balaban J connectivity index is 0.00000180. The molecule has 0 aliphatic carbocycles. The number of nitrogens with one attached hydrogen (secondary N) is 1. The summed E-state index contributed by atoms with van der Waals surface area (Å²) < 4.78 is 7.20. The molecule has 2 rings (SSSR count). The largest absolute Gasteiger partial charge is 0.488 e. The van der Waals surface area contributed by atoms with Crippen LogP contribution in [-0.2, 0) is 0 Å². The Morgan fingerprint density at radius 2 is 2.16 bits per heavy atom. The number of ether oxygens (including phenoxy) is 1. The second kappa shape index (κ2) is 6.14. The van der Waals surface area contributed by atoms with E-state index in [2.05, 4.69) is 15.5 Å². The summed E-state index contributed by atoms with van der Waals surface area (Å²) in [6.45, 7) is 3.81. The van der Waals surface area contributed by atoms with Crippen LogP contribution < -0.4 is 10.5 Å². The van der Waals surface area contributed by atoms with Crippen molar-refractivity contribution in [2.75, 3.05) is 0 Å². The first kappa shape index (κ1) is 14.9. The fraction of sp³-hybridized carbons (Fsp3) is 0.273. The summed E-state index contributed by atoms with van der Waals surface area (Å²) in [4.78, 5) is 0. The normalized spacial score (nSPS) is 10.1. The SMILES string of the molecule is CC(C)Oc1c(C(=N)N)cccc1-n1cnnn1.Cl. The first-order chi connectivity index (χ1) is 8.59. The van der Waals surface area contributed by atoms with Crippen LogP contribution in [0.2, 0.25) is 0 Å². The third-order valence-electron chi connectivity index (χ3n) is 2.23. The lowest BCUT2D eigenvalue weighted by atomic mass is 10.1. The molecule has 8 heteroatoms. The van der Waals surface area contributed by atoms with Crippen LogP contribution in [0, 0.1) is 5.41 Å². The van der Waals surface area contributed by atoms with Gasteiger partial charge in [-0.3, -0.25) is 5.41 Å². The molecule has 0 aliphatic heterocycles. The van der Waals surface area contributed by atoms with Crippen LogP contribution in [0.25, 0.3) is 5.69 Å². The molecular weight excluding hydrogens is 268 g/mol. The summed E-state index contributed by atoms with van der Waals surface area (Å²) >= 11 is 0. The molecule has 102 valence electrons. The van der Waals surface area contributed by atoms with Crippen molar-refractivity contribution in [2.24, 2.45) is 5.73 Å². The second-order valence-corrected chi connectivity index (χ2v) is 3.99. The molecule has 19 heavy (non-hydrogen) atoms. The molecule has 0 atom stereocenters. The molecule has 0 bridgehead atoms. The maximum Gasteiger partial charge on any atom is 0.156 e. The van der Waals surface area contributed by atoms with Gasteiger partial charge in [-0.05, 0) is 36.4 Å². The minimum absolute atomic E-state index is 0. The van der Waals surface area contributed by atoms with Crippen LogP contribution >= 0.6 is 12.4 Å². The van der Waals surface area contributed by atoms with Crippen LogP contribution in [0.3, 0.4) is 0 Å². The quantitative estimate of drug-likeness (QED) is 0.647. The highest BCUT2D eigenvalue weighted by Crippen LogP contribution is 2.27. The molecule has 0 spiro atoms. The Bertz CT molecular complexity index is 554. The van der Waals surface area contributed by atoms with E-state index in [1.807, 2.05) is 13.8 Å². The van der Waals surface area contributed by atoms with Gasteiger partial charge in [-0.1, -0.05) is 6.07 Å². The molecule has 0 aliphatic rings. The molecule has 0 amide bonds. The van der Waals surface area contributed by atoms with E-state index in [0.717, 1.165) is 0 Å². The molecule has 0 saturated heterocycles. The van der Waals surface area contributed by atoms with Crippen molar-refractivity contribution in [2.45, 2.75) is 20.0 Å². The second-order valence-electron chi connectivity index (χ2n) is 3.99. The fourth-order valence-electron chi connectivity index (χ4n) is 1.55. The lowest BCUT2D eigenvalue weighted by Gasteiger charge is -2.16. The average Bonchev–Trinajstić information content (AvgIpc) is 2.81. The first-order valence-corrected chi connectivity index (χ1v) is 5.47. The van der Waals surface area contributed by atoms with E-state index in [1.54, 1.807) is 18.2 Å². The Morgan fingerprint density at radius 1 is 1.42 bits per heavy atom. The number of rotatable bonds is 4. The lowest BCUT2D eigenvalue weighted by Crippen LogP contribution is -2.17. The molecule has 1 heterocycles. The summed E-state index contributed by atoms with van der Waals surface area (Å²) in [5.41, 5.74) is 6.73. The number of amidine groups is 1. The zero-order valence-electron chi connectivity index (χ0n) is 10.6. The van der Waals surface area contributed by atoms with Crippen molar-refractivity contribution < 1.29 is 4.74 Å². The number of tetrazole rings is 1. The van der Waals surface area contributed by atoms with Crippen molar-refractivity contribution in [1.29, 1.82) is 5.41 Å². The maximum absolute atomic E-state index is 7.58. The van der Waals surface area contributed by atoms with Gasteiger partial charge in [0, 0.05) is 0 Å². The lowest BCUT2D eigenvalue weighted by molar-refractivity contribution is 0.241. The van der Waals surface area contributed by atoms with Crippen molar-refractivity contribution >= 4 is 18.2 Å². The number of benzene rings is 1. The summed E-state index contributed by atoms with van der Waals surface area (Å²) in [6, 6.07) is 5.31. The summed E-state index contributed by atoms with van der Waals surface area (Å²) in [7, 11) is 0. The van der Waals surface area contributed by atoms with Gasteiger partial charge in [-0.2, -0.15) is 4.68 Å². The number of aromatic nitrogens is 4. The monoisotopic (exact) mass is 282 g/mol. The van der Waals surface area contributed by atoms with Crippen LogP contribution in [-0.4, -0.2) is 32.1 Å². The van der Waals surface area contributed by atoms with Gasteiger partial charge >= 0.3 is 0 Å². The zero-order chi connectivity index (χ0) is 13.1.